The first kappa shape index (κ1) is 10.3. The molecule has 0 saturated heterocycles. The van der Waals surface area contributed by atoms with E-state index in [1.807, 2.05) is 0 Å². The molecule has 0 fully saturated rings. The number of carbonyl (C=O) groups is 1. The molecule has 0 amide bonds. The van der Waals surface area contributed by atoms with Crippen molar-refractivity contribution in [3.8, 4) is 17.1 Å². The fourth-order valence-corrected chi connectivity index (χ4v) is 1.43. The van der Waals surface area contributed by atoms with E-state index < -0.39 is 5.97 Å². The molecule has 0 unspecified atom stereocenters. The summed E-state index contributed by atoms with van der Waals surface area (Å²) in [4.78, 5) is 10.9. The van der Waals surface area contributed by atoms with Gasteiger partial charge in [-0.3, -0.25) is 0 Å². The summed E-state index contributed by atoms with van der Waals surface area (Å²) in [6.45, 7) is 0. The lowest BCUT2D eigenvalue weighted by Gasteiger charge is -2.04. The molecular formula is C12H10O4. The fraction of sp³-hybridized carbons (Fsp3) is 0.0833. The zero-order valence-electron chi connectivity index (χ0n) is 8.64. The number of hydrogen-bond donors (Lipinski definition) is 1. The molecule has 0 aliphatic heterocycles. The van der Waals surface area contributed by atoms with Crippen LogP contribution in [0.1, 0.15) is 10.4 Å². The Bertz CT molecular complexity index is 500. The second-order valence-electron chi connectivity index (χ2n) is 3.23. The summed E-state index contributed by atoms with van der Waals surface area (Å²) in [5.74, 6) is 0.111. The molecule has 0 atom stereocenters. The lowest BCUT2D eigenvalue weighted by molar-refractivity contribution is 0.0696. The summed E-state index contributed by atoms with van der Waals surface area (Å²) in [7, 11) is 1.49. The van der Waals surface area contributed by atoms with Gasteiger partial charge in [0.25, 0.3) is 0 Å². The number of carboxylic acid groups (broad SMARTS) is 1. The van der Waals surface area contributed by atoms with E-state index >= 15 is 0 Å². The molecule has 2 rings (SSSR count). The maximum absolute atomic E-state index is 10.9. The largest absolute Gasteiger partial charge is 0.497 e. The van der Waals surface area contributed by atoms with Gasteiger partial charge in [-0.15, -0.1) is 0 Å². The summed E-state index contributed by atoms with van der Waals surface area (Å²) in [6.07, 6.45) is 1.54. The normalized spacial score (nSPS) is 10.1. The summed E-state index contributed by atoms with van der Waals surface area (Å²) >= 11 is 0. The van der Waals surface area contributed by atoms with E-state index in [2.05, 4.69) is 0 Å². The molecule has 1 N–H and O–H groups in total. The van der Waals surface area contributed by atoms with Crippen LogP contribution in [0.2, 0.25) is 0 Å². The fourth-order valence-electron chi connectivity index (χ4n) is 1.43. The maximum Gasteiger partial charge on any atom is 0.335 e. The molecule has 0 aliphatic rings. The summed E-state index contributed by atoms with van der Waals surface area (Å²) in [5.41, 5.74) is 0.854. The smallest absolute Gasteiger partial charge is 0.335 e. The average molecular weight is 218 g/mol. The molecule has 1 aromatic heterocycles. The molecule has 0 saturated carbocycles. The quantitative estimate of drug-likeness (QED) is 0.860. The molecule has 4 heteroatoms. The number of furan rings is 1. The Hall–Kier alpha value is -2.23. The van der Waals surface area contributed by atoms with Crippen molar-refractivity contribution in [1.82, 2.24) is 0 Å². The number of hydrogen-bond acceptors (Lipinski definition) is 3. The van der Waals surface area contributed by atoms with Gasteiger partial charge in [0.1, 0.15) is 11.5 Å². The lowest BCUT2D eigenvalue weighted by Crippen LogP contribution is -1.97. The topological polar surface area (TPSA) is 59.7 Å². The molecule has 0 aliphatic carbocycles. The highest BCUT2D eigenvalue weighted by Gasteiger charge is 2.09. The van der Waals surface area contributed by atoms with Crippen LogP contribution in [-0.4, -0.2) is 18.2 Å². The average Bonchev–Trinajstić information content (AvgIpc) is 2.81. The molecule has 1 heterocycles. The number of benzene rings is 1. The Labute approximate surface area is 92.1 Å². The summed E-state index contributed by atoms with van der Waals surface area (Å²) < 4.78 is 10.2. The Morgan fingerprint density at radius 2 is 2.19 bits per heavy atom. The third-order valence-corrected chi connectivity index (χ3v) is 2.19. The van der Waals surface area contributed by atoms with E-state index in [0.717, 1.165) is 0 Å². The minimum absolute atomic E-state index is 0.172. The minimum Gasteiger partial charge on any atom is -0.497 e. The second-order valence-corrected chi connectivity index (χ2v) is 3.23. The molecule has 0 bridgehead atoms. The molecular weight excluding hydrogens is 208 g/mol. The molecule has 2 aromatic rings. The van der Waals surface area contributed by atoms with Gasteiger partial charge < -0.3 is 14.3 Å². The Kier molecular flexibility index (Phi) is 2.64. The van der Waals surface area contributed by atoms with E-state index in [9.17, 15) is 4.79 Å². The van der Waals surface area contributed by atoms with Gasteiger partial charge in [0, 0.05) is 5.56 Å². The van der Waals surface area contributed by atoms with Gasteiger partial charge in [-0.05, 0) is 30.3 Å². The standard InChI is InChI=1S/C12H10O4/c1-15-10-6-8(11-3-2-4-16-11)5-9(7-10)12(13)14/h2-7H,1H3,(H,13,14). The summed E-state index contributed by atoms with van der Waals surface area (Å²) in [5, 5.41) is 8.94. The zero-order chi connectivity index (χ0) is 11.5. The number of aromatic carboxylic acids is 1. The first-order chi connectivity index (χ1) is 7.70. The summed E-state index contributed by atoms with van der Waals surface area (Å²) in [6, 6.07) is 8.25. The van der Waals surface area contributed by atoms with Crippen LogP contribution in [0.3, 0.4) is 0 Å². The Morgan fingerprint density at radius 3 is 2.75 bits per heavy atom. The third kappa shape index (κ3) is 1.91. The van der Waals surface area contributed by atoms with Crippen LogP contribution < -0.4 is 4.74 Å². The predicted molar refractivity (Wildman–Crippen MR) is 57.7 cm³/mol. The molecule has 4 nitrogen and oxygen atoms in total. The highest BCUT2D eigenvalue weighted by molar-refractivity contribution is 5.89. The van der Waals surface area contributed by atoms with E-state index in [4.69, 9.17) is 14.3 Å². The van der Waals surface area contributed by atoms with Crippen LogP contribution in [0.5, 0.6) is 5.75 Å². The van der Waals surface area contributed by atoms with Gasteiger partial charge in [-0.25, -0.2) is 4.79 Å². The molecule has 0 spiro atoms. The second kappa shape index (κ2) is 4.10. The van der Waals surface area contributed by atoms with Gasteiger partial charge >= 0.3 is 5.97 Å². The van der Waals surface area contributed by atoms with Crippen molar-refractivity contribution >= 4 is 5.97 Å². The van der Waals surface area contributed by atoms with Gasteiger partial charge in [0.05, 0.1) is 18.9 Å². The van der Waals surface area contributed by atoms with Gasteiger partial charge in [0.2, 0.25) is 0 Å². The van der Waals surface area contributed by atoms with E-state index in [-0.39, 0.29) is 5.56 Å². The minimum atomic E-state index is -0.994. The Balaban J connectivity index is 2.53. The number of carboxylic acids is 1. The van der Waals surface area contributed by atoms with Crippen LogP contribution in [0.15, 0.2) is 41.0 Å². The monoisotopic (exact) mass is 218 g/mol. The first-order valence-electron chi connectivity index (χ1n) is 4.67. The number of ether oxygens (including phenoxy) is 1. The van der Waals surface area contributed by atoms with Crippen molar-refractivity contribution in [2.24, 2.45) is 0 Å². The van der Waals surface area contributed by atoms with Crippen LogP contribution in [0.25, 0.3) is 11.3 Å². The number of rotatable bonds is 3. The maximum atomic E-state index is 10.9. The van der Waals surface area contributed by atoms with Crippen molar-refractivity contribution in [3.63, 3.8) is 0 Å². The molecule has 16 heavy (non-hydrogen) atoms. The zero-order valence-corrected chi connectivity index (χ0v) is 8.64. The van der Waals surface area contributed by atoms with E-state index in [1.165, 1.54) is 19.4 Å². The van der Waals surface area contributed by atoms with Crippen LogP contribution in [-0.2, 0) is 0 Å². The molecule has 1 aromatic carbocycles. The van der Waals surface area contributed by atoms with Crippen molar-refractivity contribution in [2.45, 2.75) is 0 Å². The Morgan fingerprint density at radius 1 is 1.38 bits per heavy atom. The molecule has 82 valence electrons. The van der Waals surface area contributed by atoms with Crippen molar-refractivity contribution in [3.05, 3.63) is 42.2 Å². The van der Waals surface area contributed by atoms with Gasteiger partial charge in [-0.2, -0.15) is 0 Å². The van der Waals surface area contributed by atoms with Gasteiger partial charge in [-0.1, -0.05) is 0 Å². The lowest BCUT2D eigenvalue weighted by atomic mass is 10.1. The highest BCUT2D eigenvalue weighted by atomic mass is 16.5. The number of methoxy groups -OCH3 is 1. The van der Waals surface area contributed by atoms with Crippen molar-refractivity contribution in [1.29, 1.82) is 0 Å². The van der Waals surface area contributed by atoms with Crippen molar-refractivity contribution in [2.75, 3.05) is 7.11 Å². The predicted octanol–water partition coefficient (Wildman–Crippen LogP) is 2.65. The van der Waals surface area contributed by atoms with E-state index in [1.54, 1.807) is 24.3 Å². The first-order valence-corrected chi connectivity index (χ1v) is 4.67. The van der Waals surface area contributed by atoms with Crippen molar-refractivity contribution < 1.29 is 19.1 Å². The van der Waals surface area contributed by atoms with Gasteiger partial charge in [0.15, 0.2) is 0 Å². The van der Waals surface area contributed by atoms with Crippen LogP contribution in [0.4, 0.5) is 0 Å². The SMILES string of the molecule is COc1cc(C(=O)O)cc(-c2ccco2)c1. The van der Waals surface area contributed by atoms with E-state index in [0.29, 0.717) is 17.1 Å². The highest BCUT2D eigenvalue weighted by Crippen LogP contribution is 2.26. The van der Waals surface area contributed by atoms with Crippen LogP contribution >= 0.6 is 0 Å². The third-order valence-electron chi connectivity index (χ3n) is 2.19. The van der Waals surface area contributed by atoms with Crippen LogP contribution in [0, 0.1) is 0 Å². The molecule has 0 radical (unpaired) electrons.